The number of fused-ring (bicyclic) bond motifs is 3. The number of hydrogen-bond acceptors (Lipinski definition) is 4. The molecule has 0 saturated carbocycles. The molecule has 1 atom stereocenters. The Morgan fingerprint density at radius 2 is 2.11 bits per heavy atom. The first-order chi connectivity index (χ1) is 13.5. The minimum atomic E-state index is -0.252. The maximum atomic E-state index is 13.0. The summed E-state index contributed by atoms with van der Waals surface area (Å²) in [7, 11) is 1.52. The van der Waals surface area contributed by atoms with E-state index in [1.165, 1.54) is 19.5 Å². The molecule has 0 fully saturated rings. The lowest BCUT2D eigenvalue weighted by Crippen LogP contribution is -2.39. The molecule has 0 saturated heterocycles. The van der Waals surface area contributed by atoms with Crippen molar-refractivity contribution in [2.75, 3.05) is 13.7 Å². The number of aromatic amines is 1. The van der Waals surface area contributed by atoms with Crippen molar-refractivity contribution in [3.8, 4) is 18.1 Å². The van der Waals surface area contributed by atoms with Gasteiger partial charge in [-0.05, 0) is 13.0 Å². The molecular formula is C20H16Cl2N4O2. The van der Waals surface area contributed by atoms with E-state index in [-0.39, 0.29) is 17.8 Å². The molecule has 28 heavy (non-hydrogen) atoms. The van der Waals surface area contributed by atoms with Gasteiger partial charge in [0, 0.05) is 35.2 Å². The van der Waals surface area contributed by atoms with Gasteiger partial charge in [0.1, 0.15) is 0 Å². The average molecular weight is 415 g/mol. The van der Waals surface area contributed by atoms with Gasteiger partial charge in [0.2, 0.25) is 5.82 Å². The average Bonchev–Trinajstić information content (AvgIpc) is 3.11. The zero-order chi connectivity index (χ0) is 20.0. The number of terminal acetylenes is 1. The highest BCUT2D eigenvalue weighted by Crippen LogP contribution is 2.42. The number of H-pyrrole nitrogens is 1. The first-order valence-corrected chi connectivity index (χ1v) is 9.37. The van der Waals surface area contributed by atoms with Crippen LogP contribution in [0.25, 0.3) is 10.9 Å². The zero-order valence-corrected chi connectivity index (χ0v) is 16.7. The highest BCUT2D eigenvalue weighted by atomic mass is 35.5. The summed E-state index contributed by atoms with van der Waals surface area (Å²) in [5.41, 5.74) is 3.30. The normalized spacial score (nSPS) is 16.0. The molecule has 1 N–H and O–H groups in total. The number of carbonyl (C=O) groups excluding carboxylic acids is 1. The third-order valence-electron chi connectivity index (χ3n) is 5.05. The summed E-state index contributed by atoms with van der Waals surface area (Å²) in [4.78, 5) is 26.3. The van der Waals surface area contributed by atoms with E-state index in [9.17, 15) is 4.79 Å². The van der Waals surface area contributed by atoms with E-state index < -0.39 is 0 Å². The molecule has 1 aromatic carbocycles. The van der Waals surface area contributed by atoms with Crippen molar-refractivity contribution in [1.82, 2.24) is 19.9 Å². The van der Waals surface area contributed by atoms with Gasteiger partial charge in [0.15, 0.2) is 5.75 Å². The predicted molar refractivity (Wildman–Crippen MR) is 108 cm³/mol. The number of halogens is 2. The SMILES string of the molecule is C#Cc1cc(Cl)c(Cl)c2[nH]c3c(c12)C(C)N(C(=O)c1ncc(OC)cn1)CC3. The highest BCUT2D eigenvalue weighted by Gasteiger charge is 2.33. The Labute approximate surface area is 171 Å². The van der Waals surface area contributed by atoms with E-state index in [2.05, 4.69) is 20.9 Å². The van der Waals surface area contributed by atoms with Crippen LogP contribution in [0.4, 0.5) is 0 Å². The van der Waals surface area contributed by atoms with Crippen LogP contribution in [0, 0.1) is 12.3 Å². The lowest BCUT2D eigenvalue weighted by atomic mass is 9.94. The largest absolute Gasteiger partial charge is 0.494 e. The highest BCUT2D eigenvalue weighted by molar-refractivity contribution is 6.45. The van der Waals surface area contributed by atoms with Crippen LogP contribution >= 0.6 is 23.2 Å². The predicted octanol–water partition coefficient (Wildman–Crippen LogP) is 4.01. The van der Waals surface area contributed by atoms with Crippen molar-refractivity contribution in [2.24, 2.45) is 0 Å². The molecule has 8 heteroatoms. The third-order valence-corrected chi connectivity index (χ3v) is 5.84. The minimum Gasteiger partial charge on any atom is -0.494 e. The Bertz CT molecular complexity index is 1130. The van der Waals surface area contributed by atoms with Crippen molar-refractivity contribution in [3.05, 3.63) is 51.2 Å². The monoisotopic (exact) mass is 414 g/mol. The first kappa shape index (κ1) is 18.6. The molecule has 6 nitrogen and oxygen atoms in total. The van der Waals surface area contributed by atoms with Crippen LogP contribution in [0.1, 0.15) is 40.4 Å². The number of methoxy groups -OCH3 is 1. The number of nitrogens with zero attached hydrogens (tertiary/aromatic N) is 3. The van der Waals surface area contributed by atoms with Gasteiger partial charge in [0.25, 0.3) is 5.91 Å². The van der Waals surface area contributed by atoms with Crippen LogP contribution in [-0.2, 0) is 6.42 Å². The Morgan fingerprint density at radius 3 is 2.75 bits per heavy atom. The van der Waals surface area contributed by atoms with E-state index in [0.717, 1.165) is 16.6 Å². The Hall–Kier alpha value is -2.75. The topological polar surface area (TPSA) is 71.1 Å². The lowest BCUT2D eigenvalue weighted by molar-refractivity contribution is 0.0665. The van der Waals surface area contributed by atoms with Crippen molar-refractivity contribution in [3.63, 3.8) is 0 Å². The van der Waals surface area contributed by atoms with E-state index in [1.807, 2.05) is 6.92 Å². The summed E-state index contributed by atoms with van der Waals surface area (Å²) < 4.78 is 5.05. The number of carbonyl (C=O) groups is 1. The van der Waals surface area contributed by atoms with Crippen molar-refractivity contribution < 1.29 is 9.53 Å². The maximum absolute atomic E-state index is 13.0. The molecule has 0 radical (unpaired) electrons. The number of benzene rings is 1. The summed E-state index contributed by atoms with van der Waals surface area (Å²) in [5, 5.41) is 1.65. The van der Waals surface area contributed by atoms with Crippen LogP contribution in [0.15, 0.2) is 18.5 Å². The van der Waals surface area contributed by atoms with Gasteiger partial charge in [-0.1, -0.05) is 29.1 Å². The fraction of sp³-hybridized carbons (Fsp3) is 0.250. The number of ether oxygens (including phenoxy) is 1. The summed E-state index contributed by atoms with van der Waals surface area (Å²) in [6.07, 6.45) is 9.29. The molecule has 1 unspecified atom stereocenters. The number of amides is 1. The van der Waals surface area contributed by atoms with E-state index >= 15 is 0 Å². The van der Waals surface area contributed by atoms with Crippen molar-refractivity contribution in [1.29, 1.82) is 0 Å². The number of hydrogen-bond donors (Lipinski definition) is 1. The summed E-state index contributed by atoms with van der Waals surface area (Å²) in [5.74, 6) is 3.04. The molecule has 3 aromatic rings. The quantitative estimate of drug-likeness (QED) is 0.642. The molecule has 142 valence electrons. The second-order valence-corrected chi connectivity index (χ2v) is 7.29. The number of nitrogens with one attached hydrogen (secondary N) is 1. The second kappa shape index (κ2) is 7.01. The molecule has 0 aliphatic carbocycles. The Morgan fingerprint density at radius 1 is 1.39 bits per heavy atom. The van der Waals surface area contributed by atoms with Crippen molar-refractivity contribution in [2.45, 2.75) is 19.4 Å². The Kier molecular flexibility index (Phi) is 4.66. The van der Waals surface area contributed by atoms with Crippen LogP contribution < -0.4 is 4.74 Å². The number of rotatable bonds is 2. The van der Waals surface area contributed by atoms with Gasteiger partial charge in [-0.25, -0.2) is 9.97 Å². The molecule has 0 bridgehead atoms. The summed E-state index contributed by atoms with van der Waals surface area (Å²) in [6, 6.07) is 1.44. The van der Waals surface area contributed by atoms with Crippen molar-refractivity contribution >= 4 is 40.0 Å². The van der Waals surface area contributed by atoms with Gasteiger partial charge in [-0.3, -0.25) is 4.79 Å². The molecule has 1 aliphatic heterocycles. The third kappa shape index (κ3) is 2.79. The van der Waals surface area contributed by atoms with E-state index in [1.54, 1.807) is 11.0 Å². The van der Waals surface area contributed by atoms with E-state index in [0.29, 0.717) is 39.8 Å². The van der Waals surface area contributed by atoms with Gasteiger partial charge >= 0.3 is 0 Å². The molecule has 4 rings (SSSR count). The van der Waals surface area contributed by atoms with Gasteiger partial charge < -0.3 is 14.6 Å². The maximum Gasteiger partial charge on any atom is 0.292 e. The summed E-state index contributed by atoms with van der Waals surface area (Å²) in [6.45, 7) is 2.47. The standard InChI is InChI=1S/C20H16Cl2N4O2/c1-4-11-7-13(21)17(22)18-16(11)15-10(2)26(6-5-14(15)25-18)20(27)19-23-8-12(28-3)9-24-19/h1,7-10,25H,5-6H2,2-3H3. The minimum absolute atomic E-state index is 0.120. The number of aromatic nitrogens is 3. The Balaban J connectivity index is 1.79. The fourth-order valence-corrected chi connectivity index (χ4v) is 4.08. The van der Waals surface area contributed by atoms with Gasteiger partial charge in [-0.15, -0.1) is 6.42 Å². The van der Waals surface area contributed by atoms with Crippen LogP contribution in [-0.4, -0.2) is 39.4 Å². The smallest absolute Gasteiger partial charge is 0.292 e. The zero-order valence-electron chi connectivity index (χ0n) is 15.2. The van der Waals surface area contributed by atoms with Crippen LogP contribution in [0.2, 0.25) is 10.0 Å². The molecule has 1 amide bonds. The lowest BCUT2D eigenvalue weighted by Gasteiger charge is -2.33. The summed E-state index contributed by atoms with van der Waals surface area (Å²) >= 11 is 12.6. The van der Waals surface area contributed by atoms with Gasteiger partial charge in [0.05, 0.1) is 41.1 Å². The van der Waals surface area contributed by atoms with Crippen LogP contribution in [0.3, 0.4) is 0 Å². The fourth-order valence-electron chi connectivity index (χ4n) is 3.68. The first-order valence-electron chi connectivity index (χ1n) is 8.62. The van der Waals surface area contributed by atoms with E-state index in [4.69, 9.17) is 34.4 Å². The van der Waals surface area contributed by atoms with Gasteiger partial charge in [-0.2, -0.15) is 0 Å². The second-order valence-electron chi connectivity index (χ2n) is 6.50. The molecule has 1 aliphatic rings. The molecule has 0 spiro atoms. The molecule has 3 heterocycles. The van der Waals surface area contributed by atoms with Crippen LogP contribution in [0.5, 0.6) is 5.75 Å². The molecular weight excluding hydrogens is 399 g/mol. The molecule has 2 aromatic heterocycles.